The molecule has 3 aromatic heterocycles. The highest BCUT2D eigenvalue weighted by Crippen LogP contribution is 2.29. The van der Waals surface area contributed by atoms with E-state index in [-0.39, 0.29) is 11.2 Å². The lowest BCUT2D eigenvalue weighted by Gasteiger charge is -2.09. The Morgan fingerprint density at radius 1 is 1.26 bits per heavy atom. The molecule has 0 fully saturated rings. The number of rotatable bonds is 3. The van der Waals surface area contributed by atoms with E-state index in [2.05, 4.69) is 4.98 Å². The molecule has 0 aliphatic rings. The van der Waals surface area contributed by atoms with Gasteiger partial charge >= 0.3 is 5.69 Å². The second-order valence-electron chi connectivity index (χ2n) is 6.27. The Kier molecular flexibility index (Phi) is 3.88. The summed E-state index contributed by atoms with van der Waals surface area (Å²) >= 11 is 6.28. The van der Waals surface area contributed by atoms with Crippen molar-refractivity contribution in [2.45, 2.75) is 20.4 Å². The zero-order valence-corrected chi connectivity index (χ0v) is 16.1. The summed E-state index contributed by atoms with van der Waals surface area (Å²) in [4.78, 5) is 29.8. The first-order valence-corrected chi connectivity index (χ1v) is 8.80. The minimum Gasteiger partial charge on any atom is -0.495 e. The number of aryl methyl sites for hydroxylation is 2. The van der Waals surface area contributed by atoms with Crippen molar-refractivity contribution in [3.8, 4) is 11.4 Å². The molecule has 8 nitrogen and oxygen atoms in total. The number of halogens is 1. The van der Waals surface area contributed by atoms with Gasteiger partial charge in [0, 0.05) is 25.5 Å². The fourth-order valence-corrected chi connectivity index (χ4v) is 3.65. The van der Waals surface area contributed by atoms with Crippen LogP contribution in [0.2, 0.25) is 5.02 Å². The number of benzene rings is 1. The predicted octanol–water partition coefficient (Wildman–Crippen LogP) is 2.13. The van der Waals surface area contributed by atoms with E-state index in [1.165, 1.54) is 9.13 Å². The van der Waals surface area contributed by atoms with Crippen LogP contribution in [0.5, 0.6) is 5.75 Å². The molecular formula is C18H18ClN5O3. The fraction of sp³-hybridized carbons (Fsp3) is 0.278. The molecule has 0 amide bonds. The molecule has 0 unspecified atom stereocenters. The van der Waals surface area contributed by atoms with Crippen LogP contribution in [0, 0.1) is 6.92 Å². The Hall–Kier alpha value is -3.00. The summed E-state index contributed by atoms with van der Waals surface area (Å²) in [7, 11) is 3.17. The largest absolute Gasteiger partial charge is 0.495 e. The first-order valence-electron chi connectivity index (χ1n) is 8.42. The summed E-state index contributed by atoms with van der Waals surface area (Å²) in [6.45, 7) is 3.98. The van der Waals surface area contributed by atoms with E-state index in [9.17, 15) is 9.59 Å². The Balaban J connectivity index is 2.12. The number of imidazole rings is 2. The van der Waals surface area contributed by atoms with Crippen molar-refractivity contribution in [1.29, 1.82) is 0 Å². The molecule has 0 aliphatic heterocycles. The van der Waals surface area contributed by atoms with E-state index in [1.807, 2.05) is 23.8 Å². The van der Waals surface area contributed by atoms with Gasteiger partial charge in [0.25, 0.3) is 5.56 Å². The lowest BCUT2D eigenvalue weighted by molar-refractivity contribution is 0.415. The summed E-state index contributed by atoms with van der Waals surface area (Å²) in [5, 5.41) is 0.470. The molecule has 0 aliphatic carbocycles. The number of fused-ring (bicyclic) bond motifs is 3. The van der Waals surface area contributed by atoms with E-state index in [1.54, 1.807) is 37.6 Å². The molecule has 0 saturated heterocycles. The van der Waals surface area contributed by atoms with E-state index in [0.717, 1.165) is 11.4 Å². The van der Waals surface area contributed by atoms with Gasteiger partial charge in [0.15, 0.2) is 11.2 Å². The lowest BCUT2D eigenvalue weighted by atomic mass is 10.3. The van der Waals surface area contributed by atoms with Crippen molar-refractivity contribution in [1.82, 2.24) is 23.1 Å². The number of hydrogen-bond donors (Lipinski definition) is 0. The first-order chi connectivity index (χ1) is 12.9. The van der Waals surface area contributed by atoms with Crippen LogP contribution in [0.1, 0.15) is 12.6 Å². The van der Waals surface area contributed by atoms with Crippen molar-refractivity contribution in [3.05, 3.63) is 56.0 Å². The molecule has 1 aromatic carbocycles. The van der Waals surface area contributed by atoms with E-state index < -0.39 is 0 Å². The van der Waals surface area contributed by atoms with Gasteiger partial charge in [-0.25, -0.2) is 4.79 Å². The number of ether oxygens (including phenoxy) is 1. The molecular weight excluding hydrogens is 370 g/mol. The Bertz CT molecular complexity index is 1330. The Morgan fingerprint density at radius 2 is 2.00 bits per heavy atom. The minimum atomic E-state index is -0.383. The van der Waals surface area contributed by atoms with E-state index in [0.29, 0.717) is 34.3 Å². The molecule has 0 spiro atoms. The maximum atomic E-state index is 12.8. The smallest absolute Gasteiger partial charge is 0.332 e. The second kappa shape index (κ2) is 6.02. The van der Waals surface area contributed by atoms with E-state index in [4.69, 9.17) is 16.3 Å². The highest BCUT2D eigenvalue weighted by molar-refractivity contribution is 6.32. The third-order valence-electron chi connectivity index (χ3n) is 4.74. The van der Waals surface area contributed by atoms with Crippen molar-refractivity contribution in [3.63, 3.8) is 0 Å². The lowest BCUT2D eigenvalue weighted by Crippen LogP contribution is -2.38. The van der Waals surface area contributed by atoms with Gasteiger partial charge in [0.1, 0.15) is 5.75 Å². The number of nitrogens with zero attached hydrogens (tertiary/aromatic N) is 5. The zero-order chi connectivity index (χ0) is 19.5. The summed E-state index contributed by atoms with van der Waals surface area (Å²) in [5.74, 6) is 1.10. The number of methoxy groups -OCH3 is 1. The quantitative estimate of drug-likeness (QED) is 0.539. The third-order valence-corrected chi connectivity index (χ3v) is 5.03. The molecule has 0 atom stereocenters. The molecule has 0 radical (unpaired) electrons. The molecule has 9 heteroatoms. The van der Waals surface area contributed by atoms with Gasteiger partial charge in [-0.05, 0) is 32.0 Å². The van der Waals surface area contributed by atoms with Crippen LogP contribution in [-0.2, 0) is 13.6 Å². The molecule has 3 heterocycles. The van der Waals surface area contributed by atoms with Gasteiger partial charge in [-0.1, -0.05) is 11.6 Å². The fourth-order valence-electron chi connectivity index (χ4n) is 3.40. The monoisotopic (exact) mass is 387 g/mol. The minimum absolute atomic E-state index is 0.294. The molecule has 0 bridgehead atoms. The highest BCUT2D eigenvalue weighted by atomic mass is 35.5. The zero-order valence-electron chi connectivity index (χ0n) is 15.4. The van der Waals surface area contributed by atoms with Gasteiger partial charge in [-0.15, -0.1) is 0 Å². The van der Waals surface area contributed by atoms with Gasteiger partial charge in [-0.2, -0.15) is 4.98 Å². The molecule has 4 aromatic rings. The van der Waals surface area contributed by atoms with Gasteiger partial charge in [-0.3, -0.25) is 22.9 Å². The predicted molar refractivity (Wildman–Crippen MR) is 103 cm³/mol. The van der Waals surface area contributed by atoms with Crippen molar-refractivity contribution >= 4 is 28.5 Å². The second-order valence-corrected chi connectivity index (χ2v) is 6.68. The first kappa shape index (κ1) is 17.4. The molecule has 4 rings (SSSR count). The summed E-state index contributed by atoms with van der Waals surface area (Å²) < 4.78 is 11.4. The summed E-state index contributed by atoms with van der Waals surface area (Å²) in [5.41, 5.74) is 1.63. The Morgan fingerprint density at radius 3 is 2.63 bits per heavy atom. The average Bonchev–Trinajstić information content (AvgIpc) is 3.15. The van der Waals surface area contributed by atoms with Gasteiger partial charge < -0.3 is 4.74 Å². The van der Waals surface area contributed by atoms with Crippen LogP contribution in [0.3, 0.4) is 0 Å². The molecule has 0 saturated carbocycles. The van der Waals surface area contributed by atoms with Crippen molar-refractivity contribution in [2.75, 3.05) is 7.11 Å². The SMILES string of the molecule is CCn1c(=O)c2c(nc3n(-c4ccc(OC)c(Cl)c4)c(C)cn23)n(C)c1=O. The van der Waals surface area contributed by atoms with Crippen LogP contribution >= 0.6 is 11.6 Å². The normalized spacial score (nSPS) is 11.6. The highest BCUT2D eigenvalue weighted by Gasteiger charge is 2.20. The van der Waals surface area contributed by atoms with Crippen molar-refractivity contribution in [2.24, 2.45) is 7.05 Å². The summed E-state index contributed by atoms with van der Waals surface area (Å²) in [6, 6.07) is 5.41. The average molecular weight is 388 g/mol. The number of aromatic nitrogens is 5. The molecule has 0 N–H and O–H groups in total. The van der Waals surface area contributed by atoms with Crippen LogP contribution in [0.4, 0.5) is 0 Å². The maximum Gasteiger partial charge on any atom is 0.332 e. The molecule has 140 valence electrons. The molecule has 27 heavy (non-hydrogen) atoms. The van der Waals surface area contributed by atoms with E-state index >= 15 is 0 Å². The standard InChI is InChI=1S/C18H18ClN5O3/c1-5-22-16(25)14-15(21(3)18(22)26)20-17-23(14)9-10(2)24(17)11-6-7-13(27-4)12(19)8-11/h6-9H,5H2,1-4H3. The Labute approximate surface area is 158 Å². The van der Waals surface area contributed by atoms with Crippen LogP contribution in [-0.4, -0.2) is 30.2 Å². The van der Waals surface area contributed by atoms with Crippen LogP contribution < -0.4 is 16.0 Å². The van der Waals surface area contributed by atoms with Gasteiger partial charge in [0.05, 0.1) is 17.8 Å². The van der Waals surface area contributed by atoms with Crippen LogP contribution in [0.25, 0.3) is 22.6 Å². The topological polar surface area (TPSA) is 75.5 Å². The van der Waals surface area contributed by atoms with Crippen LogP contribution in [0.15, 0.2) is 34.0 Å². The summed E-state index contributed by atoms with van der Waals surface area (Å²) in [6.07, 6.45) is 1.83. The van der Waals surface area contributed by atoms with Crippen molar-refractivity contribution < 1.29 is 4.74 Å². The number of hydrogen-bond acceptors (Lipinski definition) is 4. The van der Waals surface area contributed by atoms with Gasteiger partial charge in [0.2, 0.25) is 5.78 Å². The third kappa shape index (κ3) is 2.33. The maximum absolute atomic E-state index is 12.8.